The van der Waals surface area contributed by atoms with Crippen molar-refractivity contribution in [3.8, 4) is 0 Å². The van der Waals surface area contributed by atoms with Gasteiger partial charge in [-0.2, -0.15) is 0 Å². The third-order valence-corrected chi connectivity index (χ3v) is 4.69. The molecule has 23 heavy (non-hydrogen) atoms. The molecule has 0 N–H and O–H groups in total. The molecule has 0 aliphatic carbocycles. The first-order chi connectivity index (χ1) is 10.8. The maximum atomic E-state index is 5.32. The Morgan fingerprint density at radius 1 is 0.826 bits per heavy atom. The second-order valence-corrected chi connectivity index (χ2v) is 6.46. The minimum atomic E-state index is 0.955. The quantitative estimate of drug-likeness (QED) is 0.528. The van der Waals surface area contributed by atoms with E-state index in [0.717, 1.165) is 22.8 Å². The Balaban J connectivity index is 2.54. The van der Waals surface area contributed by atoms with Crippen LogP contribution in [0.15, 0.2) is 41.4 Å². The zero-order valence-corrected chi connectivity index (χ0v) is 15.7. The number of hydrogen-bond acceptors (Lipinski definition) is 1. The van der Waals surface area contributed by atoms with Gasteiger partial charge in [-0.25, -0.2) is 0 Å². The molecule has 0 saturated heterocycles. The molecule has 2 rings (SSSR count). The molecule has 0 bridgehead atoms. The van der Waals surface area contributed by atoms with Gasteiger partial charge < -0.3 is 0 Å². The van der Waals surface area contributed by atoms with E-state index in [-0.39, 0.29) is 0 Å². The first kappa shape index (κ1) is 17.6. The van der Waals surface area contributed by atoms with Crippen molar-refractivity contribution in [2.45, 2.75) is 41.5 Å². The normalized spacial score (nSPS) is 13.1. The van der Waals surface area contributed by atoms with Gasteiger partial charge in [-0.3, -0.25) is 0 Å². The first-order valence-corrected chi connectivity index (χ1v) is 8.22. The number of nitrogens with zero attached hydrogens (tertiary/aromatic N) is 2. The predicted octanol–water partition coefficient (Wildman–Crippen LogP) is 5.28. The van der Waals surface area contributed by atoms with Gasteiger partial charge in [0, 0.05) is 0 Å². The Kier molecular flexibility index (Phi) is 5.54. The van der Waals surface area contributed by atoms with Crippen molar-refractivity contribution in [2.24, 2.45) is 4.99 Å². The van der Waals surface area contributed by atoms with Crippen LogP contribution in [0.25, 0.3) is 0 Å². The molecule has 0 unspecified atom stereocenters. The molecule has 0 fully saturated rings. The van der Waals surface area contributed by atoms with Crippen LogP contribution in [-0.4, -0.2) is 15.1 Å². The number of hydrogen-bond donors (Lipinski definition) is 0. The fraction of sp³-hybridized carbons (Fsp3) is 0.300. The van der Waals surface area contributed by atoms with Crippen molar-refractivity contribution >= 4 is 22.8 Å². The minimum absolute atomic E-state index is 0.955. The average Bonchev–Trinajstić information content (AvgIpc) is 2.49. The summed E-state index contributed by atoms with van der Waals surface area (Å²) in [4.78, 5) is 4.84. The van der Waals surface area contributed by atoms with Crippen molar-refractivity contribution in [3.05, 3.63) is 58.7 Å². The Bertz CT molecular complexity index is 761. The van der Waals surface area contributed by atoms with Crippen LogP contribution in [0.3, 0.4) is 0 Å². The molecule has 0 amide bonds. The monoisotopic (exact) mass is 350 g/mol. The standard InChI is InChI=1S/C20H24N2.Ni/c1-13-9-7-10-14(2)19(13)21-17(5)18(6)22-20-15(3)11-8-12-16(20)4;/h7-12H,1-6H3;/q;+3. The van der Waals surface area contributed by atoms with Crippen LogP contribution >= 0.6 is 0 Å². The number of benzene rings is 2. The van der Waals surface area contributed by atoms with Gasteiger partial charge in [-0.15, -0.1) is 0 Å². The zero-order chi connectivity index (χ0) is 17.1. The molecular weight excluding hydrogens is 327 g/mol. The first-order valence-electron chi connectivity index (χ1n) is 7.77. The Hall–Kier alpha value is -1.73. The molecular formula is C20H24N2Ni+3. The molecule has 0 aromatic heterocycles. The molecule has 0 aliphatic rings. The van der Waals surface area contributed by atoms with Gasteiger partial charge >= 0.3 is 147 Å². The fourth-order valence-electron chi connectivity index (χ4n) is 2.62. The summed E-state index contributed by atoms with van der Waals surface area (Å²) in [5, 5.41) is 0. The van der Waals surface area contributed by atoms with Gasteiger partial charge in [0.2, 0.25) is 0 Å². The van der Waals surface area contributed by atoms with Gasteiger partial charge in [0.25, 0.3) is 0 Å². The molecule has 2 aromatic rings. The molecule has 0 heterocycles. The van der Waals surface area contributed by atoms with E-state index in [0.29, 0.717) is 0 Å². The van der Waals surface area contributed by atoms with Gasteiger partial charge in [-0.1, -0.05) is 0 Å². The molecule has 3 heteroatoms. The topological polar surface area (TPSA) is 15.4 Å². The van der Waals surface area contributed by atoms with E-state index >= 15 is 0 Å². The summed E-state index contributed by atoms with van der Waals surface area (Å²) < 4.78 is 1.87. The Morgan fingerprint density at radius 3 is 1.74 bits per heavy atom. The second kappa shape index (κ2) is 7.23. The van der Waals surface area contributed by atoms with E-state index in [9.17, 15) is 0 Å². The van der Waals surface area contributed by atoms with E-state index in [2.05, 4.69) is 64.1 Å². The summed E-state index contributed by atoms with van der Waals surface area (Å²) in [6.07, 6.45) is 0. The second-order valence-electron chi connectivity index (χ2n) is 6.02. The van der Waals surface area contributed by atoms with Crippen LogP contribution in [-0.2, 0) is 15.7 Å². The van der Waals surface area contributed by atoms with Crippen LogP contribution in [0.5, 0.6) is 0 Å². The molecule has 0 aliphatic heterocycles. The third kappa shape index (κ3) is 3.79. The Labute approximate surface area is 147 Å². The van der Waals surface area contributed by atoms with Crippen molar-refractivity contribution < 1.29 is 19.3 Å². The molecule has 121 valence electrons. The van der Waals surface area contributed by atoms with Crippen LogP contribution < -0.4 is 0 Å². The SMILES string of the molecule is CC(=Nc1c(C)cccc1C)C(C)=[N+]([Ni+2])c1c(C)cccc1C. The summed E-state index contributed by atoms with van der Waals surface area (Å²) in [7, 11) is 0. The van der Waals surface area contributed by atoms with Gasteiger partial charge in [0.1, 0.15) is 0 Å². The van der Waals surface area contributed by atoms with Crippen LogP contribution in [0.1, 0.15) is 36.1 Å². The van der Waals surface area contributed by atoms with Gasteiger partial charge in [0.15, 0.2) is 0 Å². The molecule has 2 aromatic carbocycles. The number of aryl methyl sites for hydroxylation is 4. The molecule has 2 nitrogen and oxygen atoms in total. The summed E-state index contributed by atoms with van der Waals surface area (Å²) in [5.74, 6) is 0. The number of para-hydroxylation sites is 2. The number of rotatable bonds is 3. The summed E-state index contributed by atoms with van der Waals surface area (Å²) in [5.41, 5.74) is 8.85. The van der Waals surface area contributed by atoms with Crippen molar-refractivity contribution in [3.63, 3.8) is 0 Å². The average molecular weight is 351 g/mol. The molecule has 0 atom stereocenters. The molecule has 0 spiro atoms. The van der Waals surface area contributed by atoms with E-state index in [1.165, 1.54) is 22.3 Å². The van der Waals surface area contributed by atoms with E-state index in [4.69, 9.17) is 20.7 Å². The summed E-state index contributed by atoms with van der Waals surface area (Å²) >= 11 is 5.32. The van der Waals surface area contributed by atoms with Crippen molar-refractivity contribution in [2.75, 3.05) is 0 Å². The van der Waals surface area contributed by atoms with Crippen LogP contribution in [0, 0.1) is 27.7 Å². The van der Waals surface area contributed by atoms with Gasteiger partial charge in [-0.05, 0) is 0 Å². The summed E-state index contributed by atoms with van der Waals surface area (Å²) in [6.45, 7) is 12.4. The zero-order valence-electron chi connectivity index (χ0n) is 14.7. The van der Waals surface area contributed by atoms with Crippen LogP contribution in [0.4, 0.5) is 11.4 Å². The third-order valence-electron chi connectivity index (χ3n) is 4.14. The van der Waals surface area contributed by atoms with Crippen LogP contribution in [0.2, 0.25) is 0 Å². The number of aliphatic imine (C=N–C) groups is 1. The predicted molar refractivity (Wildman–Crippen MR) is 95.2 cm³/mol. The van der Waals surface area contributed by atoms with E-state index < -0.39 is 0 Å². The van der Waals surface area contributed by atoms with Crippen molar-refractivity contribution in [1.29, 1.82) is 0 Å². The summed E-state index contributed by atoms with van der Waals surface area (Å²) in [6, 6.07) is 12.5. The maximum absolute atomic E-state index is 5.32. The molecule has 0 saturated carbocycles. The Morgan fingerprint density at radius 2 is 1.26 bits per heavy atom. The fourth-order valence-corrected chi connectivity index (χ4v) is 3.13. The van der Waals surface area contributed by atoms with E-state index in [1.807, 2.05) is 17.5 Å². The van der Waals surface area contributed by atoms with E-state index in [1.54, 1.807) is 0 Å². The molecule has 0 radical (unpaired) electrons. The van der Waals surface area contributed by atoms with Gasteiger partial charge in [0.05, 0.1) is 0 Å². The van der Waals surface area contributed by atoms with Crippen molar-refractivity contribution in [1.82, 2.24) is 0 Å².